The molecule has 3 aliphatic rings. The first-order valence-corrected chi connectivity index (χ1v) is 16.7. The number of carbonyl (C=O) groups is 3. The molecule has 2 aromatic rings. The van der Waals surface area contributed by atoms with Crippen LogP contribution in [0, 0.1) is 5.92 Å². The van der Waals surface area contributed by atoms with Crippen molar-refractivity contribution < 1.29 is 34.1 Å². The molecular weight excluding hydrogens is 530 g/mol. The van der Waals surface area contributed by atoms with Crippen LogP contribution in [-0.4, -0.2) is 70.8 Å². The topological polar surface area (TPSA) is 148 Å². The van der Waals surface area contributed by atoms with Crippen LogP contribution in [0.3, 0.4) is 0 Å². The summed E-state index contributed by atoms with van der Waals surface area (Å²) in [7, 11) is -2.98. The van der Waals surface area contributed by atoms with E-state index < -0.39 is 43.5 Å². The number of nitrogens with one attached hydrogen (secondary N) is 2. The Bertz CT molecular complexity index is 1340. The third kappa shape index (κ3) is 4.75. The summed E-state index contributed by atoms with van der Waals surface area (Å²) in [6.45, 7) is 6.99. The number of anilines is 2. The molecule has 0 radical (unpaired) electrons. The molecule has 2 aromatic carbocycles. The molecule has 10 nitrogen and oxygen atoms in total. The second-order valence-electron chi connectivity index (χ2n) is 11.8. The molecule has 1 saturated heterocycles. The molecule has 0 aromatic heterocycles. The van der Waals surface area contributed by atoms with E-state index in [4.69, 9.17) is 4.74 Å². The minimum Gasteiger partial charge on any atom is -0.432 e. The van der Waals surface area contributed by atoms with Crippen LogP contribution in [0.5, 0.6) is 0 Å². The highest BCUT2D eigenvalue weighted by Crippen LogP contribution is 2.58. The number of rotatable bonds is 6. The van der Waals surface area contributed by atoms with Crippen molar-refractivity contribution in [2.24, 2.45) is 5.92 Å². The lowest BCUT2D eigenvalue weighted by atomic mass is 9.82. The minimum absolute atomic E-state index is 0.0481. The number of hydrogen-bond acceptors (Lipinski definition) is 7. The van der Waals surface area contributed by atoms with E-state index in [0.29, 0.717) is 29.9 Å². The molecular formula is C29H37N3O7Si. The predicted octanol–water partition coefficient (Wildman–Crippen LogP) is 2.09. The van der Waals surface area contributed by atoms with Crippen molar-refractivity contribution in [3.8, 4) is 0 Å². The van der Waals surface area contributed by atoms with Crippen LogP contribution >= 0.6 is 0 Å². The second kappa shape index (κ2) is 10.4. The standard InChI is InChI=1S/C29H37N3O7Si/c1-16-26(40(3,4)38)24(13-25(35)32-14-19-8-6-5-7-18(19)11-21(32)15-33)39-29(16)22-12-20(30-27(36)17(2)34)9-10-23(22)31-28(29)37/h5-10,12,16-17,21,24,26,33-34,38H,11,13-15H2,1-4H3,(H,30,36)(H,31,37)/t16-,17+,21+,24+,26-,29+/m1/s1. The number of nitrogens with zero attached hydrogens (tertiary/aromatic N) is 1. The Hall–Kier alpha value is -3.09. The lowest BCUT2D eigenvalue weighted by Gasteiger charge is -2.37. The number of hydrogen-bond donors (Lipinski definition) is 5. The van der Waals surface area contributed by atoms with Crippen LogP contribution in [0.4, 0.5) is 11.4 Å². The van der Waals surface area contributed by atoms with Crippen LogP contribution in [0.15, 0.2) is 42.5 Å². The van der Waals surface area contributed by atoms with Gasteiger partial charge in [-0.2, -0.15) is 0 Å². The van der Waals surface area contributed by atoms with Gasteiger partial charge < -0.3 is 35.3 Å². The lowest BCUT2D eigenvalue weighted by molar-refractivity contribution is -0.149. The van der Waals surface area contributed by atoms with Crippen LogP contribution in [0.2, 0.25) is 18.6 Å². The first-order valence-electron chi connectivity index (χ1n) is 13.7. The average molecular weight is 568 g/mol. The highest BCUT2D eigenvalue weighted by atomic mass is 28.4. The van der Waals surface area contributed by atoms with Gasteiger partial charge in [-0.25, -0.2) is 0 Å². The summed E-state index contributed by atoms with van der Waals surface area (Å²) in [5.74, 6) is -1.65. The number of aliphatic hydroxyl groups excluding tert-OH is 2. The fraction of sp³-hybridized carbons (Fsp3) is 0.483. The summed E-state index contributed by atoms with van der Waals surface area (Å²) in [4.78, 5) is 52.6. The van der Waals surface area contributed by atoms with Crippen molar-refractivity contribution >= 4 is 37.4 Å². The van der Waals surface area contributed by atoms with Crippen molar-refractivity contribution in [2.45, 2.75) is 75.7 Å². The van der Waals surface area contributed by atoms with Gasteiger partial charge in [-0.3, -0.25) is 14.4 Å². The Kier molecular flexibility index (Phi) is 7.38. The monoisotopic (exact) mass is 567 g/mol. The van der Waals surface area contributed by atoms with Gasteiger partial charge in [0.25, 0.3) is 11.8 Å². The van der Waals surface area contributed by atoms with Gasteiger partial charge in [-0.1, -0.05) is 31.2 Å². The smallest absolute Gasteiger partial charge is 0.261 e. The number of aliphatic hydroxyl groups is 2. The normalized spacial score (nSPS) is 28.2. The van der Waals surface area contributed by atoms with Crippen molar-refractivity contribution in [1.29, 1.82) is 0 Å². The second-order valence-corrected chi connectivity index (χ2v) is 15.7. The molecule has 11 heteroatoms. The Balaban J connectivity index is 1.47. The largest absolute Gasteiger partial charge is 0.432 e. The van der Waals surface area contributed by atoms with Gasteiger partial charge in [0.2, 0.25) is 5.91 Å². The van der Waals surface area contributed by atoms with E-state index in [9.17, 15) is 29.4 Å². The molecule has 3 amide bonds. The number of amides is 3. The van der Waals surface area contributed by atoms with E-state index in [0.717, 1.165) is 11.1 Å². The van der Waals surface area contributed by atoms with Crippen LogP contribution in [0.1, 0.15) is 37.0 Å². The van der Waals surface area contributed by atoms with Crippen molar-refractivity contribution in [1.82, 2.24) is 4.90 Å². The first-order chi connectivity index (χ1) is 18.9. The van der Waals surface area contributed by atoms with Gasteiger partial charge in [0.05, 0.1) is 25.2 Å². The quantitative estimate of drug-likeness (QED) is 0.336. The number of carbonyl (C=O) groups excluding carboxylic acids is 3. The third-order valence-corrected chi connectivity index (χ3v) is 11.2. The fourth-order valence-corrected chi connectivity index (χ4v) is 9.31. The summed E-state index contributed by atoms with van der Waals surface area (Å²) in [5, 5.41) is 25.3. The fourth-order valence-electron chi connectivity index (χ4n) is 6.75. The van der Waals surface area contributed by atoms with Crippen LogP contribution < -0.4 is 10.6 Å². The van der Waals surface area contributed by atoms with Gasteiger partial charge in [0.15, 0.2) is 13.9 Å². The van der Waals surface area contributed by atoms with E-state index >= 15 is 0 Å². The molecule has 3 heterocycles. The summed E-state index contributed by atoms with van der Waals surface area (Å²) >= 11 is 0. The molecule has 1 spiro atoms. The van der Waals surface area contributed by atoms with Crippen LogP contribution in [0.25, 0.3) is 0 Å². The van der Waals surface area contributed by atoms with Crippen molar-refractivity contribution in [3.63, 3.8) is 0 Å². The highest BCUT2D eigenvalue weighted by Gasteiger charge is 2.65. The van der Waals surface area contributed by atoms with E-state index in [-0.39, 0.29) is 30.9 Å². The summed E-state index contributed by atoms with van der Waals surface area (Å²) < 4.78 is 6.60. The van der Waals surface area contributed by atoms with Crippen molar-refractivity contribution in [2.75, 3.05) is 17.2 Å². The van der Waals surface area contributed by atoms with E-state index in [1.54, 1.807) is 36.2 Å². The maximum absolute atomic E-state index is 13.8. The SMILES string of the molecule is C[C@H](O)C(=O)Nc1ccc2c(c1)[C@]1(O[C@@H](CC(=O)N3Cc4ccccc4C[C@H]3CO)[C@H]([Si](C)(C)O)[C@H]1C)C(=O)N2. The average Bonchev–Trinajstić information content (AvgIpc) is 3.35. The molecule has 5 N–H and O–H groups in total. The van der Waals surface area contributed by atoms with Gasteiger partial charge >= 0.3 is 0 Å². The minimum atomic E-state index is -2.98. The maximum atomic E-state index is 13.8. The molecule has 0 unspecified atom stereocenters. The zero-order valence-electron chi connectivity index (χ0n) is 23.2. The van der Waals surface area contributed by atoms with Gasteiger partial charge in [-0.15, -0.1) is 0 Å². The third-order valence-electron chi connectivity index (χ3n) is 8.65. The predicted molar refractivity (Wildman–Crippen MR) is 151 cm³/mol. The molecule has 0 saturated carbocycles. The highest BCUT2D eigenvalue weighted by molar-refractivity contribution is 6.71. The Morgan fingerprint density at radius 3 is 2.58 bits per heavy atom. The van der Waals surface area contributed by atoms with Gasteiger partial charge in [0.1, 0.15) is 6.10 Å². The molecule has 5 rings (SSSR count). The lowest BCUT2D eigenvalue weighted by Crippen LogP contribution is -2.48. The molecule has 1 fully saturated rings. The molecule has 3 aliphatic heterocycles. The number of ether oxygens (including phenoxy) is 1. The van der Waals surface area contributed by atoms with Gasteiger partial charge in [0, 0.05) is 34.9 Å². The van der Waals surface area contributed by atoms with Crippen LogP contribution in [-0.2, 0) is 37.7 Å². The summed E-state index contributed by atoms with van der Waals surface area (Å²) in [5.41, 5.74) is 1.67. The molecule has 40 heavy (non-hydrogen) atoms. The van der Waals surface area contributed by atoms with Crippen molar-refractivity contribution in [3.05, 3.63) is 59.2 Å². The van der Waals surface area contributed by atoms with E-state index in [2.05, 4.69) is 10.6 Å². The summed E-state index contributed by atoms with van der Waals surface area (Å²) in [6, 6.07) is 12.4. The number of fused-ring (bicyclic) bond motifs is 3. The Morgan fingerprint density at radius 1 is 1.23 bits per heavy atom. The molecule has 0 bridgehead atoms. The Morgan fingerprint density at radius 2 is 1.93 bits per heavy atom. The van der Waals surface area contributed by atoms with Gasteiger partial charge in [-0.05, 0) is 55.8 Å². The maximum Gasteiger partial charge on any atom is 0.261 e. The zero-order valence-corrected chi connectivity index (χ0v) is 24.2. The van der Waals surface area contributed by atoms with E-state index in [1.165, 1.54) is 6.92 Å². The number of benzene rings is 2. The zero-order chi connectivity index (χ0) is 29.0. The summed E-state index contributed by atoms with van der Waals surface area (Å²) in [6.07, 6.45) is -1.45. The molecule has 0 aliphatic carbocycles. The Labute approximate surface area is 234 Å². The first kappa shape index (κ1) is 28.4. The van der Waals surface area contributed by atoms with E-state index in [1.807, 2.05) is 31.2 Å². The molecule has 214 valence electrons. The molecule has 6 atom stereocenters.